The number of pyridine rings is 1. The molecule has 4 nitrogen and oxygen atoms in total. The summed E-state index contributed by atoms with van der Waals surface area (Å²) in [6, 6.07) is 1.88. The van der Waals surface area contributed by atoms with E-state index in [9.17, 15) is 0 Å². The van der Waals surface area contributed by atoms with E-state index in [0.29, 0.717) is 32.3 Å². The topological polar surface area (TPSA) is 40.6 Å². The molecule has 0 saturated heterocycles. The Morgan fingerprint density at radius 1 is 1.24 bits per heavy atom. The van der Waals surface area contributed by atoms with E-state index in [1.54, 1.807) is 13.3 Å². The molecule has 17 heavy (non-hydrogen) atoms. The summed E-state index contributed by atoms with van der Waals surface area (Å²) in [6.45, 7) is 4.13. The first-order valence-corrected chi connectivity index (χ1v) is 6.02. The average molecular weight is 260 g/mol. The first-order valence-electron chi connectivity index (χ1n) is 5.49. The third-order valence-corrected chi connectivity index (χ3v) is 2.43. The number of methoxy groups -OCH3 is 1. The van der Waals surface area contributed by atoms with Gasteiger partial charge < -0.3 is 14.2 Å². The van der Waals surface area contributed by atoms with E-state index >= 15 is 0 Å². The van der Waals surface area contributed by atoms with Crippen molar-refractivity contribution in [3.8, 4) is 5.75 Å². The summed E-state index contributed by atoms with van der Waals surface area (Å²) in [7, 11) is 1.65. The maximum absolute atomic E-state index is 5.80. The molecule has 0 aliphatic rings. The molecule has 0 aromatic carbocycles. The Hall–Kier alpha value is -0.840. The predicted molar refractivity (Wildman–Crippen MR) is 66.7 cm³/mol. The highest BCUT2D eigenvalue weighted by Crippen LogP contribution is 2.20. The third-order valence-electron chi connectivity index (χ3n) is 2.14. The first-order chi connectivity index (χ1) is 8.27. The molecular weight excluding hydrogens is 242 g/mol. The van der Waals surface area contributed by atoms with E-state index in [4.69, 9.17) is 25.8 Å². The highest BCUT2D eigenvalue weighted by molar-refractivity contribution is 6.17. The largest absolute Gasteiger partial charge is 0.491 e. The van der Waals surface area contributed by atoms with Crippen LogP contribution in [0.25, 0.3) is 0 Å². The fourth-order valence-corrected chi connectivity index (χ4v) is 1.45. The van der Waals surface area contributed by atoms with E-state index in [0.717, 1.165) is 17.0 Å². The number of halogens is 1. The highest BCUT2D eigenvalue weighted by Gasteiger charge is 2.03. The van der Waals surface area contributed by atoms with Crippen LogP contribution >= 0.6 is 11.6 Å². The summed E-state index contributed by atoms with van der Waals surface area (Å²) in [6.07, 6.45) is 1.74. The lowest BCUT2D eigenvalue weighted by molar-refractivity contribution is 0.0543. The summed E-state index contributed by atoms with van der Waals surface area (Å²) in [5, 5.41) is 0. The van der Waals surface area contributed by atoms with Gasteiger partial charge in [0, 0.05) is 30.6 Å². The lowest BCUT2D eigenvalue weighted by atomic mass is 10.2. The minimum atomic E-state index is 0.396. The SMILES string of the molecule is COCCOCCOc1cc(C)ncc1CCl. The van der Waals surface area contributed by atoms with Crippen LogP contribution in [0, 0.1) is 6.92 Å². The molecule has 0 amide bonds. The summed E-state index contributed by atoms with van der Waals surface area (Å²) < 4.78 is 15.8. The van der Waals surface area contributed by atoms with Gasteiger partial charge in [-0.05, 0) is 6.92 Å². The number of hydrogen-bond acceptors (Lipinski definition) is 4. The fraction of sp³-hybridized carbons (Fsp3) is 0.583. The maximum Gasteiger partial charge on any atom is 0.127 e. The van der Waals surface area contributed by atoms with E-state index < -0.39 is 0 Å². The lowest BCUT2D eigenvalue weighted by Crippen LogP contribution is -2.10. The van der Waals surface area contributed by atoms with Gasteiger partial charge >= 0.3 is 0 Å². The maximum atomic E-state index is 5.80. The molecular formula is C12H18ClNO3. The number of nitrogens with zero attached hydrogens (tertiary/aromatic N) is 1. The normalized spacial score (nSPS) is 10.5. The lowest BCUT2D eigenvalue weighted by Gasteiger charge is -2.10. The quantitative estimate of drug-likeness (QED) is 0.530. The van der Waals surface area contributed by atoms with Crippen LogP contribution in [-0.2, 0) is 15.4 Å². The molecule has 0 radical (unpaired) electrons. The number of aromatic nitrogens is 1. The van der Waals surface area contributed by atoms with Crippen molar-refractivity contribution in [3.63, 3.8) is 0 Å². The summed E-state index contributed by atoms with van der Waals surface area (Å²) in [5.74, 6) is 1.18. The van der Waals surface area contributed by atoms with Gasteiger partial charge in [-0.2, -0.15) is 0 Å². The molecule has 1 aromatic heterocycles. The molecule has 0 atom stereocenters. The van der Waals surface area contributed by atoms with Crippen LogP contribution in [-0.4, -0.2) is 38.5 Å². The van der Waals surface area contributed by atoms with Gasteiger partial charge in [-0.3, -0.25) is 4.98 Å². The second-order valence-corrected chi connectivity index (χ2v) is 3.79. The second-order valence-electron chi connectivity index (χ2n) is 3.52. The summed E-state index contributed by atoms with van der Waals surface area (Å²) >= 11 is 5.80. The predicted octanol–water partition coefficient (Wildman–Crippen LogP) is 2.17. The minimum absolute atomic E-state index is 0.396. The Morgan fingerprint density at radius 3 is 2.71 bits per heavy atom. The Balaban J connectivity index is 2.32. The van der Waals surface area contributed by atoms with E-state index in [-0.39, 0.29) is 0 Å². The number of hydrogen-bond donors (Lipinski definition) is 0. The van der Waals surface area contributed by atoms with Gasteiger partial charge in [0.15, 0.2) is 0 Å². The van der Waals surface area contributed by atoms with Gasteiger partial charge in [0.1, 0.15) is 12.4 Å². The number of rotatable bonds is 8. The van der Waals surface area contributed by atoms with Crippen molar-refractivity contribution in [1.82, 2.24) is 4.98 Å². The molecule has 0 spiro atoms. The van der Waals surface area contributed by atoms with Crippen molar-refractivity contribution in [2.24, 2.45) is 0 Å². The van der Waals surface area contributed by atoms with Gasteiger partial charge in [-0.15, -0.1) is 11.6 Å². The standard InChI is InChI=1S/C12H18ClNO3/c1-10-7-12(11(8-13)9-14-10)17-6-5-16-4-3-15-2/h7,9H,3-6,8H2,1-2H3. The van der Waals surface area contributed by atoms with Crippen molar-refractivity contribution < 1.29 is 14.2 Å². The zero-order valence-electron chi connectivity index (χ0n) is 10.2. The molecule has 0 N–H and O–H groups in total. The van der Waals surface area contributed by atoms with Gasteiger partial charge in [-0.25, -0.2) is 0 Å². The van der Waals surface area contributed by atoms with Gasteiger partial charge in [0.25, 0.3) is 0 Å². The van der Waals surface area contributed by atoms with Crippen LogP contribution in [0.15, 0.2) is 12.3 Å². The molecule has 0 aliphatic heterocycles. The van der Waals surface area contributed by atoms with Gasteiger partial charge in [0.05, 0.1) is 25.7 Å². The smallest absolute Gasteiger partial charge is 0.127 e. The molecule has 0 bridgehead atoms. The molecule has 1 heterocycles. The van der Waals surface area contributed by atoms with Crippen molar-refractivity contribution in [2.75, 3.05) is 33.5 Å². The molecule has 5 heteroatoms. The molecule has 0 saturated carbocycles. The second kappa shape index (κ2) is 8.28. The Kier molecular flexibility index (Phi) is 6.93. The molecule has 1 rings (SSSR count). The van der Waals surface area contributed by atoms with Crippen LogP contribution in [0.3, 0.4) is 0 Å². The van der Waals surface area contributed by atoms with E-state index in [1.807, 2.05) is 13.0 Å². The number of aryl methyl sites for hydroxylation is 1. The molecule has 96 valence electrons. The van der Waals surface area contributed by atoms with Crippen LogP contribution in [0.4, 0.5) is 0 Å². The molecule has 0 unspecified atom stereocenters. The summed E-state index contributed by atoms with van der Waals surface area (Å²) in [4.78, 5) is 4.17. The van der Waals surface area contributed by atoms with E-state index in [2.05, 4.69) is 4.98 Å². The van der Waals surface area contributed by atoms with Gasteiger partial charge in [-0.1, -0.05) is 0 Å². The fourth-order valence-electron chi connectivity index (χ4n) is 1.25. The zero-order chi connectivity index (χ0) is 12.5. The summed E-state index contributed by atoms with van der Waals surface area (Å²) in [5.41, 5.74) is 1.81. The van der Waals surface area contributed by atoms with Crippen molar-refractivity contribution in [3.05, 3.63) is 23.5 Å². The zero-order valence-corrected chi connectivity index (χ0v) is 11.0. The Labute approximate surface area is 107 Å². The number of ether oxygens (including phenoxy) is 3. The van der Waals surface area contributed by atoms with Crippen LogP contribution in [0.5, 0.6) is 5.75 Å². The molecule has 0 fully saturated rings. The van der Waals surface area contributed by atoms with Gasteiger partial charge in [0.2, 0.25) is 0 Å². The van der Waals surface area contributed by atoms with Crippen molar-refractivity contribution in [1.29, 1.82) is 0 Å². The minimum Gasteiger partial charge on any atom is -0.491 e. The third kappa shape index (κ3) is 5.35. The average Bonchev–Trinajstić information content (AvgIpc) is 2.34. The van der Waals surface area contributed by atoms with Crippen LogP contribution in [0.1, 0.15) is 11.3 Å². The first kappa shape index (κ1) is 14.2. The number of alkyl halides is 1. The van der Waals surface area contributed by atoms with Crippen molar-refractivity contribution in [2.45, 2.75) is 12.8 Å². The van der Waals surface area contributed by atoms with Crippen LogP contribution < -0.4 is 4.74 Å². The highest BCUT2D eigenvalue weighted by atomic mass is 35.5. The molecule has 0 aliphatic carbocycles. The van der Waals surface area contributed by atoms with Crippen LogP contribution in [0.2, 0.25) is 0 Å². The Morgan fingerprint density at radius 2 is 2.00 bits per heavy atom. The Bertz CT molecular complexity index is 334. The molecule has 1 aromatic rings. The monoisotopic (exact) mass is 259 g/mol. The van der Waals surface area contributed by atoms with E-state index in [1.165, 1.54) is 0 Å². The van der Waals surface area contributed by atoms with Crippen molar-refractivity contribution >= 4 is 11.6 Å².